The topological polar surface area (TPSA) is 36.4 Å². The van der Waals surface area contributed by atoms with Gasteiger partial charge >= 0.3 is 0 Å². The zero-order chi connectivity index (χ0) is 17.7. The van der Waals surface area contributed by atoms with Crippen LogP contribution in [0.15, 0.2) is 29.6 Å². The van der Waals surface area contributed by atoms with Crippen molar-refractivity contribution in [1.29, 1.82) is 0 Å². The molecule has 136 valence electrons. The third-order valence-corrected chi connectivity index (χ3v) is 7.10. The lowest BCUT2D eigenvalue weighted by molar-refractivity contribution is -0.125. The predicted octanol–water partition coefficient (Wildman–Crippen LogP) is 3.74. The van der Waals surface area contributed by atoms with Crippen LogP contribution in [0.5, 0.6) is 0 Å². The number of amides is 1. The summed E-state index contributed by atoms with van der Waals surface area (Å²) in [4.78, 5) is 22.7. The highest BCUT2D eigenvalue weighted by Crippen LogP contribution is 2.48. The van der Waals surface area contributed by atoms with Gasteiger partial charge in [-0.2, -0.15) is 0 Å². The van der Waals surface area contributed by atoms with E-state index in [1.54, 1.807) is 11.3 Å². The van der Waals surface area contributed by atoms with Gasteiger partial charge in [-0.25, -0.2) is 4.98 Å². The van der Waals surface area contributed by atoms with Gasteiger partial charge in [0.25, 0.3) is 0 Å². The molecule has 2 aliphatic heterocycles. The molecule has 1 saturated heterocycles. The molecule has 4 nitrogen and oxygen atoms in total. The van der Waals surface area contributed by atoms with Crippen molar-refractivity contribution in [2.24, 2.45) is 5.92 Å². The number of aromatic nitrogens is 1. The number of fused-ring (bicyclic) bond motifs is 2. The van der Waals surface area contributed by atoms with Gasteiger partial charge in [-0.05, 0) is 63.2 Å². The number of rotatable bonds is 4. The van der Waals surface area contributed by atoms with Gasteiger partial charge in [0.15, 0.2) is 0 Å². The molecule has 2 aromatic rings. The van der Waals surface area contributed by atoms with Gasteiger partial charge in [-0.15, -0.1) is 11.3 Å². The first-order valence-electron chi connectivity index (χ1n) is 9.70. The summed E-state index contributed by atoms with van der Waals surface area (Å²) >= 11 is 1.65. The van der Waals surface area contributed by atoms with Gasteiger partial charge in [0.2, 0.25) is 5.91 Å². The second-order valence-electron chi connectivity index (χ2n) is 8.09. The van der Waals surface area contributed by atoms with Gasteiger partial charge in [0.05, 0.1) is 22.7 Å². The van der Waals surface area contributed by atoms with E-state index >= 15 is 0 Å². The lowest BCUT2D eigenvalue weighted by Gasteiger charge is -2.38. The van der Waals surface area contributed by atoms with Crippen molar-refractivity contribution in [1.82, 2.24) is 9.88 Å². The highest BCUT2D eigenvalue weighted by molar-refractivity contribution is 7.09. The summed E-state index contributed by atoms with van der Waals surface area (Å²) in [6.07, 6.45) is 4.68. The van der Waals surface area contributed by atoms with Crippen LogP contribution in [0.25, 0.3) is 0 Å². The maximum Gasteiger partial charge on any atom is 0.238 e. The van der Waals surface area contributed by atoms with E-state index in [9.17, 15) is 4.79 Å². The molecule has 1 saturated carbocycles. The Labute approximate surface area is 158 Å². The van der Waals surface area contributed by atoms with Crippen molar-refractivity contribution in [2.75, 3.05) is 24.5 Å². The average molecular weight is 368 g/mol. The molecule has 2 fully saturated rings. The Morgan fingerprint density at radius 3 is 2.69 bits per heavy atom. The molecule has 3 aliphatic rings. The van der Waals surface area contributed by atoms with Crippen molar-refractivity contribution in [3.05, 3.63) is 45.9 Å². The molecule has 0 bridgehead atoms. The van der Waals surface area contributed by atoms with E-state index in [0.29, 0.717) is 6.54 Å². The number of thiazole rings is 1. The number of carbonyl (C=O) groups excluding carboxylic acids is 1. The molecule has 26 heavy (non-hydrogen) atoms. The van der Waals surface area contributed by atoms with E-state index in [2.05, 4.69) is 33.5 Å². The fourth-order valence-corrected chi connectivity index (χ4v) is 5.27. The van der Waals surface area contributed by atoms with Crippen LogP contribution in [0.3, 0.4) is 0 Å². The minimum Gasteiger partial charge on any atom is -0.305 e. The number of anilines is 1. The second kappa shape index (κ2) is 6.17. The quantitative estimate of drug-likeness (QED) is 0.826. The molecule has 5 rings (SSSR count). The van der Waals surface area contributed by atoms with Crippen LogP contribution in [0.1, 0.15) is 41.9 Å². The molecule has 5 heteroatoms. The van der Waals surface area contributed by atoms with Gasteiger partial charge in [0.1, 0.15) is 0 Å². The van der Waals surface area contributed by atoms with Crippen molar-refractivity contribution in [3.8, 4) is 0 Å². The summed E-state index contributed by atoms with van der Waals surface area (Å²) in [7, 11) is 0. The normalized spacial score (nSPS) is 22.2. The standard InChI is InChI=1S/C21H25N3OS/c1-15-22-17(14-26-15)13-24-19-5-3-2-4-18(19)21(20(24)25)8-10-23(11-9-21)12-16-6-7-16/h2-5,14,16H,6-13H2,1H3. The smallest absolute Gasteiger partial charge is 0.238 e. The summed E-state index contributed by atoms with van der Waals surface area (Å²) < 4.78 is 0. The van der Waals surface area contributed by atoms with Crippen molar-refractivity contribution in [2.45, 2.75) is 44.6 Å². The highest BCUT2D eigenvalue weighted by Gasteiger charge is 2.52. The molecule has 0 radical (unpaired) electrons. The first kappa shape index (κ1) is 16.5. The maximum atomic E-state index is 13.6. The molecular formula is C21H25N3OS. The Kier molecular flexibility index (Phi) is 3.90. The number of likely N-dealkylation sites (tertiary alicyclic amines) is 1. The van der Waals surface area contributed by atoms with E-state index < -0.39 is 0 Å². The van der Waals surface area contributed by atoms with Crippen LogP contribution in [-0.2, 0) is 16.8 Å². The first-order valence-corrected chi connectivity index (χ1v) is 10.6. The fourth-order valence-electron chi connectivity index (χ4n) is 4.66. The minimum absolute atomic E-state index is 0.287. The lowest BCUT2D eigenvalue weighted by atomic mass is 9.73. The number of piperidine rings is 1. The van der Waals surface area contributed by atoms with Crippen LogP contribution in [0.2, 0.25) is 0 Å². The van der Waals surface area contributed by atoms with Crippen LogP contribution < -0.4 is 4.90 Å². The molecule has 1 aromatic heterocycles. The Morgan fingerprint density at radius 2 is 2.00 bits per heavy atom. The Hall–Kier alpha value is -1.72. The largest absolute Gasteiger partial charge is 0.305 e. The fraction of sp³-hybridized carbons (Fsp3) is 0.524. The molecule has 0 N–H and O–H groups in total. The number of hydrogen-bond donors (Lipinski definition) is 0. The first-order chi connectivity index (χ1) is 12.7. The molecule has 1 spiro atoms. The van der Waals surface area contributed by atoms with Crippen molar-refractivity contribution < 1.29 is 4.79 Å². The van der Waals surface area contributed by atoms with Gasteiger partial charge in [0, 0.05) is 17.6 Å². The van der Waals surface area contributed by atoms with E-state index in [1.165, 1.54) is 24.9 Å². The van der Waals surface area contributed by atoms with Gasteiger partial charge < -0.3 is 9.80 Å². The number of aryl methyl sites for hydroxylation is 1. The van der Waals surface area contributed by atoms with Crippen LogP contribution in [0.4, 0.5) is 5.69 Å². The highest BCUT2D eigenvalue weighted by atomic mass is 32.1. The van der Waals surface area contributed by atoms with Crippen molar-refractivity contribution in [3.63, 3.8) is 0 Å². The third-order valence-electron chi connectivity index (χ3n) is 6.27. The maximum absolute atomic E-state index is 13.6. The van der Waals surface area contributed by atoms with E-state index in [4.69, 9.17) is 0 Å². The lowest BCUT2D eigenvalue weighted by Crippen LogP contribution is -2.49. The summed E-state index contributed by atoms with van der Waals surface area (Å²) in [5.74, 6) is 1.20. The van der Waals surface area contributed by atoms with Gasteiger partial charge in [-0.1, -0.05) is 18.2 Å². The SMILES string of the molecule is Cc1nc(CN2C(=O)C3(CCN(CC4CC4)CC3)c3ccccc32)cs1. The number of hydrogen-bond acceptors (Lipinski definition) is 4. The minimum atomic E-state index is -0.318. The third kappa shape index (κ3) is 2.69. The Morgan fingerprint density at radius 1 is 1.23 bits per heavy atom. The van der Waals surface area contributed by atoms with E-state index in [-0.39, 0.29) is 11.3 Å². The summed E-state index contributed by atoms with van der Waals surface area (Å²) in [6.45, 7) is 5.92. The summed E-state index contributed by atoms with van der Waals surface area (Å²) in [6, 6.07) is 8.42. The summed E-state index contributed by atoms with van der Waals surface area (Å²) in [5, 5.41) is 3.14. The monoisotopic (exact) mass is 367 g/mol. The molecule has 1 aliphatic carbocycles. The second-order valence-corrected chi connectivity index (χ2v) is 9.15. The van der Waals surface area contributed by atoms with E-state index in [1.807, 2.05) is 17.9 Å². The molecule has 3 heterocycles. The molecule has 0 unspecified atom stereocenters. The van der Waals surface area contributed by atoms with Crippen LogP contribution >= 0.6 is 11.3 Å². The number of nitrogens with zero attached hydrogens (tertiary/aromatic N) is 3. The zero-order valence-electron chi connectivity index (χ0n) is 15.3. The van der Waals surface area contributed by atoms with Crippen LogP contribution in [-0.4, -0.2) is 35.4 Å². The number of para-hydroxylation sites is 1. The molecule has 0 atom stereocenters. The predicted molar refractivity (Wildman–Crippen MR) is 105 cm³/mol. The summed E-state index contributed by atoms with van der Waals surface area (Å²) in [5.41, 5.74) is 3.02. The van der Waals surface area contributed by atoms with E-state index in [0.717, 1.165) is 48.2 Å². The number of carbonyl (C=O) groups is 1. The zero-order valence-corrected chi connectivity index (χ0v) is 16.1. The average Bonchev–Trinajstić information content (AvgIpc) is 3.34. The molecule has 1 aromatic carbocycles. The van der Waals surface area contributed by atoms with Crippen molar-refractivity contribution >= 4 is 22.9 Å². The molecular weight excluding hydrogens is 342 g/mol. The molecule has 1 amide bonds. The van der Waals surface area contributed by atoms with Crippen LogP contribution in [0, 0.1) is 12.8 Å². The Balaban J connectivity index is 1.42. The van der Waals surface area contributed by atoms with Gasteiger partial charge in [-0.3, -0.25) is 4.79 Å². The number of benzene rings is 1. The Bertz CT molecular complexity index is 833.